The lowest BCUT2D eigenvalue weighted by Crippen LogP contribution is -2.41. The molecule has 0 aromatic heterocycles. The minimum absolute atomic E-state index is 0.102. The molecule has 0 bridgehead atoms. The predicted octanol–water partition coefficient (Wildman–Crippen LogP) is 1.83. The first-order valence-electron chi connectivity index (χ1n) is 5.61. The van der Waals surface area contributed by atoms with Crippen molar-refractivity contribution in [3.8, 4) is 0 Å². The second kappa shape index (κ2) is 3.19. The van der Waals surface area contributed by atoms with Crippen LogP contribution in [0.1, 0.15) is 46.5 Å². The van der Waals surface area contributed by atoms with Crippen LogP contribution < -0.4 is 0 Å². The zero-order chi connectivity index (χ0) is 10.4. The molecule has 14 heavy (non-hydrogen) atoms. The van der Waals surface area contributed by atoms with Crippen molar-refractivity contribution >= 4 is 0 Å². The van der Waals surface area contributed by atoms with Gasteiger partial charge in [0, 0.05) is 0 Å². The van der Waals surface area contributed by atoms with Crippen molar-refractivity contribution in [2.24, 2.45) is 0 Å². The Morgan fingerprint density at radius 1 is 1.29 bits per heavy atom. The quantitative estimate of drug-likeness (QED) is 0.739. The fraction of sp³-hybridized carbons (Fsp3) is 1.00. The first-order chi connectivity index (χ1) is 6.53. The van der Waals surface area contributed by atoms with Gasteiger partial charge in [0.1, 0.15) is 6.10 Å². The lowest BCUT2D eigenvalue weighted by atomic mass is 9.96. The van der Waals surface area contributed by atoms with Gasteiger partial charge < -0.3 is 14.6 Å². The summed E-state index contributed by atoms with van der Waals surface area (Å²) in [4.78, 5) is 0. The van der Waals surface area contributed by atoms with Crippen LogP contribution in [-0.2, 0) is 9.47 Å². The number of hydrogen-bond acceptors (Lipinski definition) is 3. The third kappa shape index (κ3) is 1.38. The SMILES string of the molecule is CC[C@@]1(C)O[C@H]2CC[C@](O)(CC)[C@H]2O1. The number of fused-ring (bicyclic) bond motifs is 1. The topological polar surface area (TPSA) is 38.7 Å². The highest BCUT2D eigenvalue weighted by Gasteiger charge is 2.56. The van der Waals surface area contributed by atoms with Crippen molar-refractivity contribution in [1.82, 2.24) is 0 Å². The smallest absolute Gasteiger partial charge is 0.166 e. The van der Waals surface area contributed by atoms with Crippen LogP contribution in [0.3, 0.4) is 0 Å². The minimum Gasteiger partial charge on any atom is -0.387 e. The molecule has 0 aromatic rings. The molecule has 1 N–H and O–H groups in total. The van der Waals surface area contributed by atoms with Crippen molar-refractivity contribution < 1.29 is 14.6 Å². The van der Waals surface area contributed by atoms with Gasteiger partial charge in [-0.1, -0.05) is 13.8 Å². The average Bonchev–Trinajstić information content (AvgIpc) is 2.66. The first kappa shape index (κ1) is 10.4. The van der Waals surface area contributed by atoms with Crippen LogP contribution in [-0.4, -0.2) is 28.7 Å². The Kier molecular flexibility index (Phi) is 2.37. The number of rotatable bonds is 2. The average molecular weight is 200 g/mol. The van der Waals surface area contributed by atoms with Crippen LogP contribution in [0, 0.1) is 0 Å². The largest absolute Gasteiger partial charge is 0.387 e. The fourth-order valence-electron chi connectivity index (χ4n) is 2.50. The van der Waals surface area contributed by atoms with Gasteiger partial charge in [0.05, 0.1) is 11.7 Å². The molecule has 82 valence electrons. The molecule has 2 fully saturated rings. The van der Waals surface area contributed by atoms with E-state index in [0.29, 0.717) is 0 Å². The molecular weight excluding hydrogens is 180 g/mol. The fourth-order valence-corrected chi connectivity index (χ4v) is 2.50. The van der Waals surface area contributed by atoms with E-state index in [1.165, 1.54) is 0 Å². The minimum atomic E-state index is -0.655. The molecule has 0 radical (unpaired) electrons. The lowest BCUT2D eigenvalue weighted by molar-refractivity contribution is -0.191. The number of hydrogen-bond donors (Lipinski definition) is 1. The van der Waals surface area contributed by atoms with Gasteiger partial charge in [-0.05, 0) is 32.6 Å². The zero-order valence-corrected chi connectivity index (χ0v) is 9.25. The maximum Gasteiger partial charge on any atom is 0.166 e. The highest BCUT2D eigenvalue weighted by molar-refractivity contribution is 5.03. The van der Waals surface area contributed by atoms with Gasteiger partial charge in [0.15, 0.2) is 5.79 Å². The van der Waals surface area contributed by atoms with Crippen LogP contribution in [0.2, 0.25) is 0 Å². The van der Waals surface area contributed by atoms with Crippen LogP contribution >= 0.6 is 0 Å². The van der Waals surface area contributed by atoms with Crippen LogP contribution in [0.5, 0.6) is 0 Å². The summed E-state index contributed by atoms with van der Waals surface area (Å²) in [5.41, 5.74) is -0.655. The summed E-state index contributed by atoms with van der Waals surface area (Å²) in [5, 5.41) is 10.3. The van der Waals surface area contributed by atoms with Gasteiger partial charge >= 0.3 is 0 Å². The maximum atomic E-state index is 10.3. The molecule has 2 aliphatic rings. The molecule has 1 saturated carbocycles. The molecule has 1 saturated heterocycles. The van der Waals surface area contributed by atoms with Crippen LogP contribution in [0.15, 0.2) is 0 Å². The van der Waals surface area contributed by atoms with Crippen molar-refractivity contribution in [2.45, 2.75) is 70.1 Å². The molecule has 1 aliphatic heterocycles. The van der Waals surface area contributed by atoms with Gasteiger partial charge in [0.25, 0.3) is 0 Å². The molecule has 0 amide bonds. The number of aliphatic hydroxyl groups is 1. The van der Waals surface area contributed by atoms with Crippen LogP contribution in [0.4, 0.5) is 0 Å². The van der Waals surface area contributed by atoms with E-state index < -0.39 is 11.4 Å². The van der Waals surface area contributed by atoms with Crippen molar-refractivity contribution in [1.29, 1.82) is 0 Å². The summed E-state index contributed by atoms with van der Waals surface area (Å²) in [6, 6.07) is 0. The van der Waals surface area contributed by atoms with Crippen molar-refractivity contribution in [3.63, 3.8) is 0 Å². The van der Waals surface area contributed by atoms with Gasteiger partial charge in [-0.2, -0.15) is 0 Å². The van der Waals surface area contributed by atoms with E-state index in [1.54, 1.807) is 0 Å². The molecule has 4 atom stereocenters. The highest BCUT2D eigenvalue weighted by Crippen LogP contribution is 2.46. The Labute approximate surface area is 85.4 Å². The maximum absolute atomic E-state index is 10.3. The van der Waals surface area contributed by atoms with E-state index in [1.807, 2.05) is 20.8 Å². The Balaban J connectivity index is 2.14. The monoisotopic (exact) mass is 200 g/mol. The Morgan fingerprint density at radius 2 is 2.00 bits per heavy atom. The zero-order valence-electron chi connectivity index (χ0n) is 9.25. The third-order valence-corrected chi connectivity index (χ3v) is 3.76. The summed E-state index contributed by atoms with van der Waals surface area (Å²) in [5.74, 6) is -0.473. The van der Waals surface area contributed by atoms with Gasteiger partial charge in [-0.25, -0.2) is 0 Å². The molecular formula is C11H20O3. The van der Waals surface area contributed by atoms with Gasteiger partial charge in [-0.15, -0.1) is 0 Å². The molecule has 2 rings (SSSR count). The van der Waals surface area contributed by atoms with E-state index in [2.05, 4.69) is 0 Å². The Bertz CT molecular complexity index is 231. The molecule has 3 nitrogen and oxygen atoms in total. The summed E-state index contributed by atoms with van der Waals surface area (Å²) in [7, 11) is 0. The molecule has 3 heteroatoms. The van der Waals surface area contributed by atoms with Crippen molar-refractivity contribution in [2.75, 3.05) is 0 Å². The number of ether oxygens (including phenoxy) is 2. The lowest BCUT2D eigenvalue weighted by Gasteiger charge is -2.29. The summed E-state index contributed by atoms with van der Waals surface area (Å²) in [6.07, 6.45) is 3.29. The molecule has 0 spiro atoms. The molecule has 1 aliphatic carbocycles. The van der Waals surface area contributed by atoms with Gasteiger partial charge in [-0.3, -0.25) is 0 Å². The molecule has 1 heterocycles. The Hall–Kier alpha value is -0.120. The summed E-state index contributed by atoms with van der Waals surface area (Å²) < 4.78 is 11.7. The molecule has 0 unspecified atom stereocenters. The standard InChI is InChI=1S/C11H20O3/c1-4-10(3)13-8-6-7-11(12,5-2)9(8)14-10/h8-9,12H,4-7H2,1-3H3/t8-,9-,10-,11+/m0/s1. The second-order valence-corrected chi connectivity index (χ2v) is 4.68. The summed E-state index contributed by atoms with van der Waals surface area (Å²) >= 11 is 0. The highest BCUT2D eigenvalue weighted by atomic mass is 16.8. The predicted molar refractivity (Wildman–Crippen MR) is 52.9 cm³/mol. The normalized spacial score (nSPS) is 52.3. The van der Waals surface area contributed by atoms with E-state index in [-0.39, 0.29) is 12.2 Å². The van der Waals surface area contributed by atoms with Gasteiger partial charge in [0.2, 0.25) is 0 Å². The van der Waals surface area contributed by atoms with E-state index in [9.17, 15) is 5.11 Å². The van der Waals surface area contributed by atoms with E-state index in [4.69, 9.17) is 9.47 Å². The molecule has 0 aromatic carbocycles. The Morgan fingerprint density at radius 3 is 2.57 bits per heavy atom. The van der Waals surface area contributed by atoms with Crippen molar-refractivity contribution in [3.05, 3.63) is 0 Å². The van der Waals surface area contributed by atoms with E-state index >= 15 is 0 Å². The summed E-state index contributed by atoms with van der Waals surface area (Å²) in [6.45, 7) is 6.01. The third-order valence-electron chi connectivity index (χ3n) is 3.76. The van der Waals surface area contributed by atoms with E-state index in [0.717, 1.165) is 25.7 Å². The first-order valence-corrected chi connectivity index (χ1v) is 5.61. The van der Waals surface area contributed by atoms with Crippen LogP contribution in [0.25, 0.3) is 0 Å². The second-order valence-electron chi connectivity index (χ2n) is 4.68.